The fourth-order valence-corrected chi connectivity index (χ4v) is 2.43. The van der Waals surface area contributed by atoms with Crippen molar-refractivity contribution in [3.8, 4) is 0 Å². The highest BCUT2D eigenvalue weighted by Gasteiger charge is 2.18. The SMILES string of the molecule is CC1CCN(CCC2COCCN2)CC1. The minimum absolute atomic E-state index is 0.595. The van der Waals surface area contributed by atoms with Gasteiger partial charge in [0.1, 0.15) is 0 Å². The average molecular weight is 212 g/mol. The summed E-state index contributed by atoms with van der Waals surface area (Å²) in [5, 5.41) is 3.52. The first-order valence-corrected chi connectivity index (χ1v) is 6.38. The van der Waals surface area contributed by atoms with Crippen LogP contribution >= 0.6 is 0 Å². The van der Waals surface area contributed by atoms with E-state index in [1.165, 1.54) is 38.9 Å². The smallest absolute Gasteiger partial charge is 0.0620 e. The summed E-state index contributed by atoms with van der Waals surface area (Å²) in [6, 6.07) is 0.595. The van der Waals surface area contributed by atoms with Gasteiger partial charge in [-0.15, -0.1) is 0 Å². The first-order chi connectivity index (χ1) is 7.34. The van der Waals surface area contributed by atoms with E-state index < -0.39 is 0 Å². The first-order valence-electron chi connectivity index (χ1n) is 6.38. The molecule has 0 saturated carbocycles. The molecule has 88 valence electrons. The maximum Gasteiger partial charge on any atom is 0.0620 e. The molecular weight excluding hydrogens is 188 g/mol. The zero-order chi connectivity index (χ0) is 10.5. The van der Waals surface area contributed by atoms with Crippen molar-refractivity contribution in [2.24, 2.45) is 5.92 Å². The Morgan fingerprint density at radius 1 is 1.33 bits per heavy atom. The Bertz CT molecular complexity index is 172. The van der Waals surface area contributed by atoms with Crippen LogP contribution in [0.1, 0.15) is 26.2 Å². The molecule has 2 rings (SSSR count). The summed E-state index contributed by atoms with van der Waals surface area (Å²) >= 11 is 0. The van der Waals surface area contributed by atoms with Crippen LogP contribution in [-0.4, -0.2) is 50.3 Å². The van der Waals surface area contributed by atoms with Gasteiger partial charge in [0, 0.05) is 12.6 Å². The maximum absolute atomic E-state index is 5.46. The van der Waals surface area contributed by atoms with Crippen LogP contribution in [0.25, 0.3) is 0 Å². The normalized spacial score (nSPS) is 30.6. The van der Waals surface area contributed by atoms with Crippen LogP contribution in [0.4, 0.5) is 0 Å². The van der Waals surface area contributed by atoms with Crippen molar-refractivity contribution in [3.05, 3.63) is 0 Å². The lowest BCUT2D eigenvalue weighted by atomic mass is 9.99. The van der Waals surface area contributed by atoms with Gasteiger partial charge >= 0.3 is 0 Å². The molecule has 1 N–H and O–H groups in total. The standard InChI is InChI=1S/C12H24N2O/c1-11-2-6-14(7-3-11)8-4-12-10-15-9-5-13-12/h11-13H,2-10H2,1H3. The Morgan fingerprint density at radius 3 is 2.80 bits per heavy atom. The summed E-state index contributed by atoms with van der Waals surface area (Å²) in [4.78, 5) is 2.61. The van der Waals surface area contributed by atoms with Crippen molar-refractivity contribution in [2.45, 2.75) is 32.2 Å². The Morgan fingerprint density at radius 2 is 2.13 bits per heavy atom. The Labute approximate surface area is 93.2 Å². The van der Waals surface area contributed by atoms with E-state index >= 15 is 0 Å². The molecule has 0 aromatic heterocycles. The number of morpholine rings is 1. The second-order valence-electron chi connectivity index (χ2n) is 5.04. The molecule has 2 aliphatic heterocycles. The highest BCUT2D eigenvalue weighted by atomic mass is 16.5. The zero-order valence-electron chi connectivity index (χ0n) is 9.87. The van der Waals surface area contributed by atoms with Crippen LogP contribution in [-0.2, 0) is 4.74 Å². The number of hydrogen-bond donors (Lipinski definition) is 1. The van der Waals surface area contributed by atoms with E-state index in [1.807, 2.05) is 0 Å². The molecule has 0 spiro atoms. The van der Waals surface area contributed by atoms with Crippen molar-refractivity contribution in [1.29, 1.82) is 0 Å². The lowest BCUT2D eigenvalue weighted by Gasteiger charge is -2.32. The molecule has 0 bridgehead atoms. The van der Waals surface area contributed by atoms with Gasteiger partial charge in [0.05, 0.1) is 13.2 Å². The van der Waals surface area contributed by atoms with Gasteiger partial charge < -0.3 is 15.0 Å². The van der Waals surface area contributed by atoms with Gasteiger partial charge in [-0.05, 0) is 44.8 Å². The lowest BCUT2D eigenvalue weighted by Crippen LogP contribution is -2.44. The third-order valence-electron chi connectivity index (χ3n) is 3.67. The molecule has 0 aromatic carbocycles. The van der Waals surface area contributed by atoms with Crippen molar-refractivity contribution >= 4 is 0 Å². The molecule has 1 atom stereocenters. The zero-order valence-corrected chi connectivity index (χ0v) is 9.87. The summed E-state index contributed by atoms with van der Waals surface area (Å²) in [5.74, 6) is 0.942. The van der Waals surface area contributed by atoms with Crippen LogP contribution in [0.3, 0.4) is 0 Å². The van der Waals surface area contributed by atoms with E-state index in [0.29, 0.717) is 6.04 Å². The van der Waals surface area contributed by atoms with Crippen molar-refractivity contribution in [1.82, 2.24) is 10.2 Å². The van der Waals surface area contributed by atoms with Crippen LogP contribution in [0.5, 0.6) is 0 Å². The quantitative estimate of drug-likeness (QED) is 0.758. The summed E-state index contributed by atoms with van der Waals surface area (Å²) < 4.78 is 5.46. The topological polar surface area (TPSA) is 24.5 Å². The summed E-state index contributed by atoms with van der Waals surface area (Å²) in [7, 11) is 0. The molecule has 0 aromatic rings. The van der Waals surface area contributed by atoms with E-state index in [-0.39, 0.29) is 0 Å². The molecule has 0 aliphatic carbocycles. The van der Waals surface area contributed by atoms with Gasteiger partial charge in [-0.1, -0.05) is 6.92 Å². The van der Waals surface area contributed by atoms with E-state index in [1.54, 1.807) is 0 Å². The van der Waals surface area contributed by atoms with E-state index in [0.717, 1.165) is 25.7 Å². The number of nitrogens with zero attached hydrogens (tertiary/aromatic N) is 1. The Hall–Kier alpha value is -0.120. The largest absolute Gasteiger partial charge is 0.379 e. The van der Waals surface area contributed by atoms with E-state index in [9.17, 15) is 0 Å². The minimum Gasteiger partial charge on any atom is -0.379 e. The second kappa shape index (κ2) is 5.83. The monoisotopic (exact) mass is 212 g/mol. The fourth-order valence-electron chi connectivity index (χ4n) is 2.43. The molecule has 2 aliphatic rings. The molecule has 0 radical (unpaired) electrons. The molecule has 1 unspecified atom stereocenters. The minimum atomic E-state index is 0.595. The lowest BCUT2D eigenvalue weighted by molar-refractivity contribution is 0.0679. The summed E-state index contributed by atoms with van der Waals surface area (Å²) in [6.07, 6.45) is 4.01. The number of hydrogen-bond acceptors (Lipinski definition) is 3. The predicted octanol–water partition coefficient (Wildman–Crippen LogP) is 1.10. The van der Waals surface area contributed by atoms with Gasteiger partial charge in [-0.2, -0.15) is 0 Å². The molecule has 2 heterocycles. The fraction of sp³-hybridized carbons (Fsp3) is 1.00. The molecule has 3 heteroatoms. The maximum atomic E-state index is 5.46. The number of rotatable bonds is 3. The number of piperidine rings is 1. The third-order valence-corrected chi connectivity index (χ3v) is 3.67. The number of nitrogens with one attached hydrogen (secondary N) is 1. The molecule has 3 nitrogen and oxygen atoms in total. The van der Waals surface area contributed by atoms with Crippen molar-refractivity contribution < 1.29 is 4.74 Å². The summed E-state index contributed by atoms with van der Waals surface area (Å²) in [6.45, 7) is 9.04. The van der Waals surface area contributed by atoms with E-state index in [4.69, 9.17) is 4.74 Å². The van der Waals surface area contributed by atoms with Crippen molar-refractivity contribution in [3.63, 3.8) is 0 Å². The summed E-state index contributed by atoms with van der Waals surface area (Å²) in [5.41, 5.74) is 0. The number of likely N-dealkylation sites (tertiary alicyclic amines) is 1. The van der Waals surface area contributed by atoms with Crippen LogP contribution in [0, 0.1) is 5.92 Å². The van der Waals surface area contributed by atoms with Crippen molar-refractivity contribution in [2.75, 3.05) is 39.4 Å². The van der Waals surface area contributed by atoms with Crippen LogP contribution < -0.4 is 5.32 Å². The van der Waals surface area contributed by atoms with Crippen LogP contribution in [0.2, 0.25) is 0 Å². The molecule has 2 saturated heterocycles. The van der Waals surface area contributed by atoms with E-state index in [2.05, 4.69) is 17.1 Å². The van der Waals surface area contributed by atoms with Gasteiger partial charge in [-0.25, -0.2) is 0 Å². The highest BCUT2D eigenvalue weighted by molar-refractivity contribution is 4.74. The number of ether oxygens (including phenoxy) is 1. The van der Waals surface area contributed by atoms with Gasteiger partial charge in [0.2, 0.25) is 0 Å². The first kappa shape index (κ1) is 11.4. The molecule has 2 fully saturated rings. The highest BCUT2D eigenvalue weighted by Crippen LogP contribution is 2.16. The third kappa shape index (κ3) is 3.74. The predicted molar refractivity (Wildman–Crippen MR) is 62.1 cm³/mol. The van der Waals surface area contributed by atoms with Gasteiger partial charge in [-0.3, -0.25) is 0 Å². The Kier molecular flexibility index (Phi) is 4.42. The molecule has 0 amide bonds. The van der Waals surface area contributed by atoms with Crippen LogP contribution in [0.15, 0.2) is 0 Å². The second-order valence-corrected chi connectivity index (χ2v) is 5.04. The molecular formula is C12H24N2O. The van der Waals surface area contributed by atoms with Gasteiger partial charge in [0.25, 0.3) is 0 Å². The average Bonchev–Trinajstić information content (AvgIpc) is 2.30. The Balaban J connectivity index is 1.60. The van der Waals surface area contributed by atoms with Gasteiger partial charge in [0.15, 0.2) is 0 Å². The molecule has 15 heavy (non-hydrogen) atoms.